The maximum atomic E-state index is 8.20. The Morgan fingerprint density at radius 2 is 1.95 bits per heavy atom. The van der Waals surface area contributed by atoms with Gasteiger partial charge in [-0.25, -0.2) is 9.97 Å². The molecule has 0 bridgehead atoms. The molecule has 2 aliphatic heterocycles. The van der Waals surface area contributed by atoms with E-state index in [9.17, 15) is 0 Å². The molecule has 0 N–H and O–H groups in total. The Hall–Kier alpha value is -1.18. The van der Waals surface area contributed by atoms with E-state index in [1.807, 2.05) is 0 Å². The Morgan fingerprint density at radius 3 is 2.48 bits per heavy atom. The first-order chi connectivity index (χ1) is 13.7. The quantitative estimate of drug-likeness (QED) is 0.763. The Morgan fingerprint density at radius 1 is 1.38 bits per heavy atom. The summed E-state index contributed by atoms with van der Waals surface area (Å²) in [4.78, 5) is 7.86. The Balaban J connectivity index is 1.99. The van der Waals surface area contributed by atoms with Crippen molar-refractivity contribution in [2.75, 3.05) is 24.9 Å². The molecule has 7 heteroatoms. The van der Waals surface area contributed by atoms with Crippen molar-refractivity contribution in [3.63, 3.8) is 0 Å². The standard InChI is InChI=1S/C14H22BN3O3/c1-13(2)14(3,4)21-15(20-13)10-6-16-12(17-7-10)18-8-11(9-18)19-5/h6-7,11H,8-9H2,1-5H3/i5D3,6D,7D,8D2,9D2,11D. The summed E-state index contributed by atoms with van der Waals surface area (Å²) in [6.07, 6.45) is -4.25. The van der Waals surface area contributed by atoms with Crippen molar-refractivity contribution in [3.8, 4) is 0 Å². The zero-order valence-electron chi connectivity index (χ0n) is 22.1. The van der Waals surface area contributed by atoms with Gasteiger partial charge in [0.2, 0.25) is 5.95 Å². The lowest BCUT2D eigenvalue weighted by Gasteiger charge is -2.37. The number of rotatable bonds is 3. The largest absolute Gasteiger partial charge is 0.498 e. The lowest BCUT2D eigenvalue weighted by atomic mass is 9.81. The van der Waals surface area contributed by atoms with Crippen LogP contribution in [-0.2, 0) is 14.0 Å². The molecule has 0 unspecified atom stereocenters. The van der Waals surface area contributed by atoms with Crippen LogP contribution in [0.5, 0.6) is 0 Å². The van der Waals surface area contributed by atoms with Crippen molar-refractivity contribution in [1.29, 1.82) is 0 Å². The molecule has 3 rings (SSSR count). The topological polar surface area (TPSA) is 56.7 Å². The molecule has 0 amide bonds. The van der Waals surface area contributed by atoms with E-state index < -0.39 is 62.7 Å². The van der Waals surface area contributed by atoms with E-state index in [0.717, 1.165) is 0 Å². The summed E-state index contributed by atoms with van der Waals surface area (Å²) >= 11 is 0. The van der Waals surface area contributed by atoms with Crippen LogP contribution in [0.2, 0.25) is 0 Å². The molecule has 0 saturated carbocycles. The molecule has 0 radical (unpaired) electrons. The van der Waals surface area contributed by atoms with Crippen LogP contribution in [0.4, 0.5) is 5.95 Å². The highest BCUT2D eigenvalue weighted by Gasteiger charge is 2.52. The number of aromatic nitrogens is 2. The predicted molar refractivity (Wildman–Crippen MR) is 80.8 cm³/mol. The van der Waals surface area contributed by atoms with Crippen molar-refractivity contribution in [1.82, 2.24) is 9.97 Å². The van der Waals surface area contributed by atoms with E-state index in [-0.39, 0.29) is 10.4 Å². The van der Waals surface area contributed by atoms with Crippen LogP contribution < -0.4 is 10.4 Å². The molecule has 2 fully saturated rings. The summed E-state index contributed by atoms with van der Waals surface area (Å²) in [7, 11) is -4.38. The number of methoxy groups -OCH3 is 1. The van der Waals surface area contributed by atoms with Crippen LogP contribution >= 0.6 is 0 Å². The molecule has 0 atom stereocenters. The second-order valence-electron chi connectivity index (χ2n) is 5.74. The number of anilines is 1. The van der Waals surface area contributed by atoms with Gasteiger partial charge in [0.05, 0.1) is 31.0 Å². The van der Waals surface area contributed by atoms with Gasteiger partial charge in [0.1, 0.15) is 0 Å². The third-order valence-electron chi connectivity index (χ3n) is 3.77. The minimum Gasteiger partial charge on any atom is -0.399 e. The lowest BCUT2D eigenvalue weighted by Crippen LogP contribution is -2.52. The zero-order valence-corrected chi connectivity index (χ0v) is 12.1. The number of hydrogen-bond acceptors (Lipinski definition) is 6. The van der Waals surface area contributed by atoms with Crippen molar-refractivity contribution >= 4 is 18.5 Å². The normalized spacial score (nSPS) is 38.1. The van der Waals surface area contributed by atoms with Gasteiger partial charge in [-0.05, 0) is 27.7 Å². The second kappa shape index (κ2) is 4.93. The molecular formula is C14H22BN3O3. The summed E-state index contributed by atoms with van der Waals surface area (Å²) in [6.45, 7) is 1.06. The lowest BCUT2D eigenvalue weighted by molar-refractivity contribution is 0.00578. The van der Waals surface area contributed by atoms with Crippen LogP contribution in [0.1, 0.15) is 41.4 Å². The smallest absolute Gasteiger partial charge is 0.399 e. The van der Waals surface area contributed by atoms with Gasteiger partial charge in [0, 0.05) is 37.8 Å². The molecule has 3 heterocycles. The maximum Gasteiger partial charge on any atom is 0.498 e. The van der Waals surface area contributed by atoms with Gasteiger partial charge < -0.3 is 18.9 Å². The minimum absolute atomic E-state index is 0.125. The molecule has 0 spiro atoms. The summed E-state index contributed by atoms with van der Waals surface area (Å²) in [5.74, 6) is -0.706. The summed E-state index contributed by atoms with van der Waals surface area (Å²) in [6, 6.07) is 0. The highest BCUT2D eigenvalue weighted by Crippen LogP contribution is 2.36. The van der Waals surface area contributed by atoms with Crippen molar-refractivity contribution in [2.45, 2.75) is 45.0 Å². The van der Waals surface area contributed by atoms with Gasteiger partial charge in [-0.2, -0.15) is 0 Å². The molecule has 0 aromatic carbocycles. The monoisotopic (exact) mass is 301 g/mol. The highest BCUT2D eigenvalue weighted by molar-refractivity contribution is 6.61. The van der Waals surface area contributed by atoms with E-state index >= 15 is 0 Å². The van der Waals surface area contributed by atoms with Gasteiger partial charge in [-0.15, -0.1) is 0 Å². The predicted octanol–water partition coefficient (Wildman–Crippen LogP) is 0.611. The van der Waals surface area contributed by atoms with E-state index in [0.29, 0.717) is 0 Å². The molecule has 2 aliphatic rings. The molecule has 1 aromatic rings. The second-order valence-corrected chi connectivity index (χ2v) is 5.74. The fourth-order valence-electron chi connectivity index (χ4n) is 1.79. The Kier molecular flexibility index (Phi) is 1.63. The van der Waals surface area contributed by atoms with Gasteiger partial charge >= 0.3 is 7.12 Å². The first-order valence-corrected chi connectivity index (χ1v) is 6.39. The fraction of sp³-hybridized carbons (Fsp3) is 0.714. The molecule has 6 nitrogen and oxygen atoms in total. The summed E-state index contributed by atoms with van der Waals surface area (Å²) in [5.41, 5.74) is -1.65. The van der Waals surface area contributed by atoms with E-state index in [1.165, 1.54) is 0 Å². The zero-order chi connectivity index (χ0) is 24.0. The molecule has 0 aliphatic carbocycles. The van der Waals surface area contributed by atoms with E-state index in [1.54, 1.807) is 27.7 Å². The van der Waals surface area contributed by atoms with Crippen molar-refractivity contribution in [2.24, 2.45) is 0 Å². The maximum absolute atomic E-state index is 8.20. The molecule has 2 saturated heterocycles. The molecular weight excluding hydrogens is 269 g/mol. The molecule has 1 aromatic heterocycles. The van der Waals surface area contributed by atoms with Crippen LogP contribution in [-0.4, -0.2) is 54.4 Å². The summed E-state index contributed by atoms with van der Waals surface area (Å²) < 4.78 is 94.1. The number of hydrogen-bond donors (Lipinski definition) is 0. The number of nitrogens with zero attached hydrogens (tertiary/aromatic N) is 3. The van der Waals surface area contributed by atoms with Crippen molar-refractivity contribution in [3.05, 3.63) is 12.3 Å². The summed E-state index contributed by atoms with van der Waals surface area (Å²) in [5, 5.41) is 0. The van der Waals surface area contributed by atoms with Crippen LogP contribution in [0.3, 0.4) is 0 Å². The van der Waals surface area contributed by atoms with Gasteiger partial charge in [0.25, 0.3) is 0 Å². The van der Waals surface area contributed by atoms with Crippen LogP contribution in [0, 0.1) is 0 Å². The van der Waals surface area contributed by atoms with Crippen molar-refractivity contribution < 1.29 is 27.8 Å². The van der Waals surface area contributed by atoms with Gasteiger partial charge in [-0.1, -0.05) is 0 Å². The van der Waals surface area contributed by atoms with Crippen LogP contribution in [0.15, 0.2) is 12.3 Å². The van der Waals surface area contributed by atoms with E-state index in [4.69, 9.17) is 23.0 Å². The van der Waals surface area contributed by atoms with Gasteiger partial charge in [-0.3, -0.25) is 0 Å². The average molecular weight is 301 g/mol. The first kappa shape index (κ1) is 6.94. The SMILES string of the molecule is [2H]c1nc(N2C([2H])([2H])C([2H])(OC([2H])([2H])[2H])C2([2H])[2H])nc([2H])c1B1OC(C)(C)C(C)(C)O1. The van der Waals surface area contributed by atoms with Gasteiger partial charge in [0.15, 0.2) is 0 Å². The van der Waals surface area contributed by atoms with Crippen LogP contribution in [0.25, 0.3) is 0 Å². The molecule has 21 heavy (non-hydrogen) atoms. The molecule has 114 valence electrons. The Labute approximate surface area is 140 Å². The average Bonchev–Trinajstić information content (AvgIpc) is 2.71. The number of ether oxygens (including phenoxy) is 1. The highest BCUT2D eigenvalue weighted by atomic mass is 16.7. The Bertz CT molecular complexity index is 855. The third kappa shape index (κ3) is 2.54. The minimum atomic E-state index is -3.24. The fourth-order valence-corrected chi connectivity index (χ4v) is 1.79. The first-order valence-electron chi connectivity index (χ1n) is 11.4. The third-order valence-corrected chi connectivity index (χ3v) is 3.77. The van der Waals surface area contributed by atoms with E-state index in [2.05, 4.69) is 14.7 Å².